The van der Waals surface area contributed by atoms with Crippen LogP contribution in [0.25, 0.3) is 0 Å². The van der Waals surface area contributed by atoms with Crippen molar-refractivity contribution < 1.29 is 22.7 Å². The first kappa shape index (κ1) is 23.1. The van der Waals surface area contributed by atoms with E-state index in [1.807, 2.05) is 14.0 Å². The fraction of sp³-hybridized carbons (Fsp3) is 0.409. The zero-order chi connectivity index (χ0) is 22.4. The van der Waals surface area contributed by atoms with Gasteiger partial charge in [0.25, 0.3) is 5.91 Å². The molecule has 8 nitrogen and oxygen atoms in total. The van der Waals surface area contributed by atoms with Crippen molar-refractivity contribution in [3.8, 4) is 11.5 Å². The first-order valence-electron chi connectivity index (χ1n) is 10.2. The van der Waals surface area contributed by atoms with E-state index in [2.05, 4.69) is 10.2 Å². The Morgan fingerprint density at radius 2 is 1.71 bits per heavy atom. The maximum Gasteiger partial charge on any atom is 0.251 e. The quantitative estimate of drug-likeness (QED) is 0.664. The van der Waals surface area contributed by atoms with Crippen LogP contribution in [0.4, 0.5) is 0 Å². The molecule has 1 aliphatic heterocycles. The Morgan fingerprint density at radius 3 is 2.35 bits per heavy atom. The van der Waals surface area contributed by atoms with Crippen molar-refractivity contribution in [2.75, 3.05) is 46.9 Å². The van der Waals surface area contributed by atoms with Crippen molar-refractivity contribution in [1.82, 2.24) is 14.5 Å². The number of carbonyl (C=O) groups excluding carboxylic acids is 1. The molecule has 3 rings (SSSR count). The minimum atomic E-state index is -3.63. The van der Waals surface area contributed by atoms with Crippen molar-refractivity contribution in [3.63, 3.8) is 0 Å². The number of sulfonamides is 1. The van der Waals surface area contributed by atoms with Gasteiger partial charge in [-0.2, -0.15) is 4.31 Å². The Bertz CT molecular complexity index is 986. The van der Waals surface area contributed by atoms with E-state index in [-0.39, 0.29) is 23.5 Å². The summed E-state index contributed by atoms with van der Waals surface area (Å²) in [5.41, 5.74) is 0.298. The second-order valence-corrected chi connectivity index (χ2v) is 9.53. The van der Waals surface area contributed by atoms with Gasteiger partial charge in [0.1, 0.15) is 18.1 Å². The molecule has 0 spiro atoms. The first-order chi connectivity index (χ1) is 14.8. The molecule has 1 fully saturated rings. The van der Waals surface area contributed by atoms with Crippen LogP contribution >= 0.6 is 0 Å². The van der Waals surface area contributed by atoms with Gasteiger partial charge in [-0.3, -0.25) is 4.79 Å². The largest absolute Gasteiger partial charge is 0.497 e. The summed E-state index contributed by atoms with van der Waals surface area (Å²) in [5.74, 6) is 1.06. The van der Waals surface area contributed by atoms with Crippen LogP contribution in [0.15, 0.2) is 53.4 Å². The topological polar surface area (TPSA) is 88.2 Å². The number of rotatable bonds is 8. The van der Waals surface area contributed by atoms with Crippen LogP contribution in [0.1, 0.15) is 17.3 Å². The number of piperazine rings is 1. The number of likely N-dealkylation sites (N-methyl/N-ethyl adjacent to an activating group) is 1. The maximum absolute atomic E-state index is 12.9. The molecule has 0 bridgehead atoms. The second kappa shape index (κ2) is 10.1. The number of carbonyl (C=O) groups is 1. The standard InChI is InChI=1S/C22H29N3O5S/c1-17(16-30-20-9-7-19(29-3)8-10-20)23-22(26)18-5-4-6-21(15-18)31(27,28)25-13-11-24(2)12-14-25/h4-10,15,17H,11-14,16H2,1-3H3,(H,23,26)/t17-/m1/s1. The van der Waals surface area contributed by atoms with E-state index in [1.54, 1.807) is 43.5 Å². The zero-order valence-electron chi connectivity index (χ0n) is 18.1. The van der Waals surface area contributed by atoms with Crippen molar-refractivity contribution in [1.29, 1.82) is 0 Å². The van der Waals surface area contributed by atoms with Crippen LogP contribution < -0.4 is 14.8 Å². The lowest BCUT2D eigenvalue weighted by atomic mass is 10.2. The molecule has 1 heterocycles. The highest BCUT2D eigenvalue weighted by Crippen LogP contribution is 2.19. The Hall–Kier alpha value is -2.62. The Balaban J connectivity index is 1.60. The third-order valence-electron chi connectivity index (χ3n) is 5.13. The molecule has 1 aliphatic rings. The normalized spacial score (nSPS) is 16.5. The predicted octanol–water partition coefficient (Wildman–Crippen LogP) is 1.83. The van der Waals surface area contributed by atoms with Crippen molar-refractivity contribution in [3.05, 3.63) is 54.1 Å². The summed E-state index contributed by atoms with van der Waals surface area (Å²) in [7, 11) is -0.0675. The minimum Gasteiger partial charge on any atom is -0.497 e. The number of methoxy groups -OCH3 is 1. The average Bonchev–Trinajstić information content (AvgIpc) is 2.78. The molecular formula is C22H29N3O5S. The van der Waals surface area contributed by atoms with Crippen LogP contribution in [-0.4, -0.2) is 76.5 Å². The smallest absolute Gasteiger partial charge is 0.251 e. The lowest BCUT2D eigenvalue weighted by molar-refractivity contribution is 0.0926. The molecule has 1 atom stereocenters. The molecule has 9 heteroatoms. The van der Waals surface area contributed by atoms with Crippen molar-refractivity contribution in [2.45, 2.75) is 17.9 Å². The van der Waals surface area contributed by atoms with E-state index in [0.717, 1.165) is 5.75 Å². The number of nitrogens with zero attached hydrogens (tertiary/aromatic N) is 2. The fourth-order valence-corrected chi connectivity index (χ4v) is 4.69. The second-order valence-electron chi connectivity index (χ2n) is 7.60. The molecule has 2 aromatic rings. The molecule has 168 valence electrons. The molecule has 0 aliphatic carbocycles. The summed E-state index contributed by atoms with van der Waals surface area (Å²) in [5, 5.41) is 2.85. The van der Waals surface area contributed by atoms with E-state index in [0.29, 0.717) is 37.5 Å². The Morgan fingerprint density at radius 1 is 1.06 bits per heavy atom. The van der Waals surface area contributed by atoms with E-state index < -0.39 is 10.0 Å². The highest BCUT2D eigenvalue weighted by Gasteiger charge is 2.28. The molecule has 2 aromatic carbocycles. The first-order valence-corrected chi connectivity index (χ1v) is 11.6. The maximum atomic E-state index is 12.9. The number of ether oxygens (including phenoxy) is 2. The van der Waals surface area contributed by atoms with Gasteiger partial charge in [-0.1, -0.05) is 6.07 Å². The van der Waals surface area contributed by atoms with Crippen LogP contribution in [0.3, 0.4) is 0 Å². The molecule has 1 amide bonds. The van der Waals surface area contributed by atoms with E-state index >= 15 is 0 Å². The number of hydrogen-bond acceptors (Lipinski definition) is 6. The fourth-order valence-electron chi connectivity index (χ4n) is 3.22. The lowest BCUT2D eigenvalue weighted by Gasteiger charge is -2.31. The molecule has 0 aromatic heterocycles. The highest BCUT2D eigenvalue weighted by molar-refractivity contribution is 7.89. The average molecular weight is 448 g/mol. The summed E-state index contributed by atoms with van der Waals surface area (Å²) in [6, 6.07) is 13.1. The summed E-state index contributed by atoms with van der Waals surface area (Å²) in [6.07, 6.45) is 0. The third-order valence-corrected chi connectivity index (χ3v) is 7.03. The van der Waals surface area contributed by atoms with Gasteiger partial charge in [0.15, 0.2) is 0 Å². The lowest BCUT2D eigenvalue weighted by Crippen LogP contribution is -2.47. The molecule has 0 radical (unpaired) electrons. The summed E-state index contributed by atoms with van der Waals surface area (Å²) < 4.78 is 38.2. The SMILES string of the molecule is COc1ccc(OC[C@@H](C)NC(=O)c2cccc(S(=O)(=O)N3CCN(C)CC3)c2)cc1. The van der Waals surface area contributed by atoms with Gasteiger partial charge in [0.05, 0.1) is 18.0 Å². The molecular weight excluding hydrogens is 418 g/mol. The number of hydrogen-bond donors (Lipinski definition) is 1. The van der Waals surface area contributed by atoms with Crippen molar-refractivity contribution in [2.24, 2.45) is 0 Å². The van der Waals surface area contributed by atoms with Gasteiger partial charge in [-0.05, 0) is 56.4 Å². The van der Waals surface area contributed by atoms with E-state index in [1.165, 1.54) is 16.4 Å². The molecule has 0 unspecified atom stereocenters. The molecule has 0 saturated carbocycles. The predicted molar refractivity (Wildman–Crippen MR) is 118 cm³/mol. The Kier molecular flexibility index (Phi) is 7.53. The third kappa shape index (κ3) is 5.96. The monoisotopic (exact) mass is 447 g/mol. The highest BCUT2D eigenvalue weighted by atomic mass is 32.2. The Labute approximate surface area is 183 Å². The summed E-state index contributed by atoms with van der Waals surface area (Å²) in [4.78, 5) is 14.9. The molecule has 1 saturated heterocycles. The van der Waals surface area contributed by atoms with Crippen LogP contribution in [0, 0.1) is 0 Å². The molecule has 1 N–H and O–H groups in total. The van der Waals surface area contributed by atoms with E-state index in [4.69, 9.17) is 9.47 Å². The van der Waals surface area contributed by atoms with Crippen LogP contribution in [0.5, 0.6) is 11.5 Å². The molecule has 31 heavy (non-hydrogen) atoms. The van der Waals surface area contributed by atoms with Gasteiger partial charge in [-0.15, -0.1) is 0 Å². The number of nitrogens with one attached hydrogen (secondary N) is 1. The van der Waals surface area contributed by atoms with E-state index in [9.17, 15) is 13.2 Å². The van der Waals surface area contributed by atoms with Crippen molar-refractivity contribution >= 4 is 15.9 Å². The number of benzene rings is 2. The van der Waals surface area contributed by atoms with Gasteiger partial charge < -0.3 is 19.7 Å². The zero-order valence-corrected chi connectivity index (χ0v) is 18.9. The van der Waals surface area contributed by atoms with Gasteiger partial charge in [0.2, 0.25) is 10.0 Å². The van der Waals surface area contributed by atoms with Crippen LogP contribution in [-0.2, 0) is 10.0 Å². The summed E-state index contributed by atoms with van der Waals surface area (Å²) >= 11 is 0. The number of amides is 1. The summed E-state index contributed by atoms with van der Waals surface area (Å²) in [6.45, 7) is 4.35. The van der Waals surface area contributed by atoms with Gasteiger partial charge in [0, 0.05) is 31.7 Å². The van der Waals surface area contributed by atoms with Crippen LogP contribution in [0.2, 0.25) is 0 Å². The van der Waals surface area contributed by atoms with Gasteiger partial charge >= 0.3 is 0 Å². The minimum absolute atomic E-state index is 0.131. The van der Waals surface area contributed by atoms with Gasteiger partial charge in [-0.25, -0.2) is 8.42 Å².